The van der Waals surface area contributed by atoms with Gasteiger partial charge in [-0.05, 0) is 30.9 Å². The van der Waals surface area contributed by atoms with E-state index in [1.807, 2.05) is 6.92 Å². The molecule has 0 bridgehead atoms. The lowest BCUT2D eigenvalue weighted by Crippen LogP contribution is -2.06. The van der Waals surface area contributed by atoms with Crippen molar-refractivity contribution in [3.8, 4) is 0 Å². The van der Waals surface area contributed by atoms with Crippen molar-refractivity contribution in [3.05, 3.63) is 20.9 Å². The number of Topliss-reactive ketones (excluding diaryl/α,β-unsaturated/α-hetero) is 1. The van der Waals surface area contributed by atoms with Crippen LogP contribution in [0.2, 0.25) is 0 Å². The van der Waals surface area contributed by atoms with Crippen LogP contribution in [0.25, 0.3) is 0 Å². The normalized spacial score (nSPS) is 26.6. The molecule has 1 aromatic heterocycles. The third-order valence-corrected chi connectivity index (χ3v) is 4.51. The first-order valence-corrected chi connectivity index (χ1v) is 5.49. The van der Waals surface area contributed by atoms with Gasteiger partial charge in [0, 0.05) is 10.8 Å². The van der Waals surface area contributed by atoms with Gasteiger partial charge >= 0.3 is 0 Å². The SMILES string of the molecule is Cc1sc2c(c1C)[C@H](C)[C@H](C)C2=O. The van der Waals surface area contributed by atoms with E-state index in [-0.39, 0.29) is 5.92 Å². The van der Waals surface area contributed by atoms with Gasteiger partial charge in [-0.25, -0.2) is 0 Å². The predicted molar refractivity (Wildman–Crippen MR) is 55.7 cm³/mol. The minimum atomic E-state index is 0.195. The molecule has 70 valence electrons. The highest BCUT2D eigenvalue weighted by atomic mass is 32.1. The van der Waals surface area contributed by atoms with Gasteiger partial charge in [0.2, 0.25) is 0 Å². The molecule has 2 rings (SSSR count). The zero-order chi connectivity index (χ0) is 9.75. The van der Waals surface area contributed by atoms with Gasteiger partial charge in [0.1, 0.15) is 0 Å². The average molecular weight is 194 g/mol. The fraction of sp³-hybridized carbons (Fsp3) is 0.545. The summed E-state index contributed by atoms with van der Waals surface area (Å²) in [6, 6.07) is 0. The van der Waals surface area contributed by atoms with Crippen molar-refractivity contribution in [2.45, 2.75) is 33.6 Å². The fourth-order valence-corrected chi connectivity index (χ4v) is 3.36. The van der Waals surface area contributed by atoms with Gasteiger partial charge in [0.05, 0.1) is 4.88 Å². The van der Waals surface area contributed by atoms with Crippen LogP contribution in [0, 0.1) is 19.8 Å². The molecule has 0 fully saturated rings. The van der Waals surface area contributed by atoms with E-state index in [9.17, 15) is 4.79 Å². The number of fused-ring (bicyclic) bond motifs is 1. The average Bonchev–Trinajstić information content (AvgIpc) is 2.48. The van der Waals surface area contributed by atoms with E-state index in [0.717, 1.165) is 4.88 Å². The molecule has 1 nitrogen and oxygen atoms in total. The summed E-state index contributed by atoms with van der Waals surface area (Å²) < 4.78 is 0. The molecule has 0 unspecified atom stereocenters. The molecular weight excluding hydrogens is 180 g/mol. The smallest absolute Gasteiger partial charge is 0.176 e. The standard InChI is InChI=1S/C11H14OS/c1-5-6(2)10(12)11-9(5)7(3)8(4)13-11/h5-6H,1-4H3/t5-,6+/m1/s1. The van der Waals surface area contributed by atoms with E-state index in [0.29, 0.717) is 11.7 Å². The van der Waals surface area contributed by atoms with Crippen molar-refractivity contribution in [1.82, 2.24) is 0 Å². The molecule has 1 aliphatic carbocycles. The number of aryl methyl sites for hydroxylation is 1. The molecule has 0 N–H and O–H groups in total. The summed E-state index contributed by atoms with van der Waals surface area (Å²) in [5.41, 5.74) is 2.66. The topological polar surface area (TPSA) is 17.1 Å². The minimum absolute atomic E-state index is 0.195. The van der Waals surface area contributed by atoms with Gasteiger partial charge in [-0.2, -0.15) is 0 Å². The number of hydrogen-bond acceptors (Lipinski definition) is 2. The molecule has 0 saturated carbocycles. The Morgan fingerprint density at radius 2 is 1.77 bits per heavy atom. The molecule has 0 radical (unpaired) electrons. The number of carbonyl (C=O) groups excluding carboxylic acids is 1. The Morgan fingerprint density at radius 1 is 1.15 bits per heavy atom. The van der Waals surface area contributed by atoms with E-state index >= 15 is 0 Å². The lowest BCUT2D eigenvalue weighted by atomic mass is 9.94. The van der Waals surface area contributed by atoms with Crippen molar-refractivity contribution >= 4 is 17.1 Å². The zero-order valence-electron chi connectivity index (χ0n) is 8.47. The van der Waals surface area contributed by atoms with Crippen LogP contribution in [0.5, 0.6) is 0 Å². The van der Waals surface area contributed by atoms with E-state index in [2.05, 4.69) is 20.8 Å². The van der Waals surface area contributed by atoms with Crippen LogP contribution in [0.1, 0.15) is 45.4 Å². The maximum atomic E-state index is 11.8. The van der Waals surface area contributed by atoms with Crippen LogP contribution in [0.3, 0.4) is 0 Å². The Hall–Kier alpha value is -0.630. The van der Waals surface area contributed by atoms with Crippen LogP contribution < -0.4 is 0 Å². The molecular formula is C11H14OS. The van der Waals surface area contributed by atoms with Crippen LogP contribution >= 0.6 is 11.3 Å². The van der Waals surface area contributed by atoms with Crippen molar-refractivity contribution in [3.63, 3.8) is 0 Å². The number of hydrogen-bond donors (Lipinski definition) is 0. The monoisotopic (exact) mass is 194 g/mol. The number of rotatable bonds is 0. The van der Waals surface area contributed by atoms with Crippen LogP contribution in [-0.4, -0.2) is 5.78 Å². The Kier molecular flexibility index (Phi) is 1.84. The van der Waals surface area contributed by atoms with Crippen molar-refractivity contribution in [2.24, 2.45) is 5.92 Å². The van der Waals surface area contributed by atoms with Gasteiger partial charge in [0.25, 0.3) is 0 Å². The predicted octanol–water partition coefficient (Wildman–Crippen LogP) is 3.30. The van der Waals surface area contributed by atoms with Gasteiger partial charge in [-0.1, -0.05) is 13.8 Å². The zero-order valence-corrected chi connectivity index (χ0v) is 9.29. The summed E-state index contributed by atoms with van der Waals surface area (Å²) in [6.45, 7) is 8.43. The molecule has 1 aromatic rings. The Labute approximate surface area is 82.8 Å². The maximum Gasteiger partial charge on any atom is 0.176 e. The molecule has 0 aromatic carbocycles. The van der Waals surface area contributed by atoms with Crippen molar-refractivity contribution < 1.29 is 4.79 Å². The van der Waals surface area contributed by atoms with E-state index in [1.54, 1.807) is 11.3 Å². The number of ketones is 1. The second-order valence-corrected chi connectivity index (χ2v) is 5.19. The minimum Gasteiger partial charge on any atom is -0.293 e. The maximum absolute atomic E-state index is 11.8. The summed E-state index contributed by atoms with van der Waals surface area (Å²) in [6.07, 6.45) is 0. The lowest BCUT2D eigenvalue weighted by Gasteiger charge is -2.09. The highest BCUT2D eigenvalue weighted by molar-refractivity contribution is 7.14. The lowest BCUT2D eigenvalue weighted by molar-refractivity contribution is 0.0940. The van der Waals surface area contributed by atoms with Crippen LogP contribution in [-0.2, 0) is 0 Å². The largest absolute Gasteiger partial charge is 0.293 e. The van der Waals surface area contributed by atoms with Crippen molar-refractivity contribution in [1.29, 1.82) is 0 Å². The third kappa shape index (κ3) is 1.01. The molecule has 0 aliphatic heterocycles. The van der Waals surface area contributed by atoms with E-state index in [4.69, 9.17) is 0 Å². The van der Waals surface area contributed by atoms with Crippen LogP contribution in [0.4, 0.5) is 0 Å². The quantitative estimate of drug-likeness (QED) is 0.619. The second-order valence-electron chi connectivity index (χ2n) is 3.97. The highest BCUT2D eigenvalue weighted by Gasteiger charge is 2.37. The number of thiophene rings is 1. The Bertz CT molecular complexity index is 376. The van der Waals surface area contributed by atoms with Gasteiger partial charge in [-0.3, -0.25) is 4.79 Å². The third-order valence-electron chi connectivity index (χ3n) is 3.27. The number of carbonyl (C=O) groups is 1. The first kappa shape index (κ1) is 8.95. The first-order valence-electron chi connectivity index (χ1n) is 4.68. The molecule has 1 heterocycles. The molecule has 1 aliphatic rings. The van der Waals surface area contributed by atoms with Crippen molar-refractivity contribution in [2.75, 3.05) is 0 Å². The molecule has 2 heteroatoms. The molecule has 13 heavy (non-hydrogen) atoms. The van der Waals surface area contributed by atoms with Gasteiger partial charge < -0.3 is 0 Å². The fourth-order valence-electron chi connectivity index (χ4n) is 2.06. The Morgan fingerprint density at radius 3 is 2.31 bits per heavy atom. The molecule has 0 amide bonds. The van der Waals surface area contributed by atoms with Crippen LogP contribution in [0.15, 0.2) is 0 Å². The molecule has 0 spiro atoms. The Balaban J connectivity index is 2.65. The summed E-state index contributed by atoms with van der Waals surface area (Å²) in [7, 11) is 0. The van der Waals surface area contributed by atoms with E-state index < -0.39 is 0 Å². The van der Waals surface area contributed by atoms with E-state index in [1.165, 1.54) is 16.0 Å². The summed E-state index contributed by atoms with van der Waals surface area (Å²) in [4.78, 5) is 14.1. The summed E-state index contributed by atoms with van der Waals surface area (Å²) in [5.74, 6) is 0.969. The summed E-state index contributed by atoms with van der Waals surface area (Å²) in [5, 5.41) is 0. The highest BCUT2D eigenvalue weighted by Crippen LogP contribution is 2.44. The summed E-state index contributed by atoms with van der Waals surface area (Å²) >= 11 is 1.67. The molecule has 2 atom stereocenters. The first-order chi connectivity index (χ1) is 6.04. The molecule has 0 saturated heterocycles. The van der Waals surface area contributed by atoms with Gasteiger partial charge in [-0.15, -0.1) is 11.3 Å². The second kappa shape index (κ2) is 2.68. The van der Waals surface area contributed by atoms with Gasteiger partial charge in [0.15, 0.2) is 5.78 Å².